The highest BCUT2D eigenvalue weighted by Crippen LogP contribution is 2.20. The van der Waals surface area contributed by atoms with Crippen molar-refractivity contribution in [2.45, 2.75) is 20.4 Å². The second kappa shape index (κ2) is 7.67. The van der Waals surface area contributed by atoms with E-state index < -0.39 is 0 Å². The zero-order valence-corrected chi connectivity index (χ0v) is 17.6. The quantitative estimate of drug-likeness (QED) is 0.506. The molecule has 2 heterocycles. The Morgan fingerprint density at radius 1 is 1.07 bits per heavy atom. The molecule has 0 unspecified atom stereocenters. The van der Waals surface area contributed by atoms with E-state index in [1.54, 1.807) is 23.0 Å². The Kier molecular flexibility index (Phi) is 5.07. The van der Waals surface area contributed by atoms with E-state index in [2.05, 4.69) is 26.3 Å². The number of amides is 1. The number of aryl methyl sites for hydroxylation is 2. The van der Waals surface area contributed by atoms with Crippen LogP contribution in [-0.4, -0.2) is 20.1 Å². The molecule has 0 fully saturated rings. The Labute approximate surface area is 175 Å². The molecule has 0 saturated heterocycles. The molecule has 1 amide bonds. The SMILES string of the molecule is Cc1ccc(-c2cc3c(=O)n(CC(=O)Nc4ccc(Br)c(C)c4)ccn3n2)cc1. The molecule has 4 rings (SSSR count). The number of nitrogens with zero attached hydrogens (tertiary/aromatic N) is 3. The van der Waals surface area contributed by atoms with Crippen molar-refractivity contribution < 1.29 is 4.79 Å². The average Bonchev–Trinajstić information content (AvgIpc) is 3.13. The number of fused-ring (bicyclic) bond motifs is 1. The first-order chi connectivity index (χ1) is 13.9. The maximum absolute atomic E-state index is 12.8. The maximum atomic E-state index is 12.8. The number of halogens is 1. The fourth-order valence-electron chi connectivity index (χ4n) is 3.09. The van der Waals surface area contributed by atoms with Crippen LogP contribution < -0.4 is 10.9 Å². The molecule has 1 N–H and O–H groups in total. The predicted octanol–water partition coefficient (Wildman–Crippen LogP) is 4.18. The van der Waals surface area contributed by atoms with E-state index in [0.29, 0.717) is 11.2 Å². The summed E-state index contributed by atoms with van der Waals surface area (Å²) in [5.41, 5.74) is 4.69. The minimum atomic E-state index is -0.267. The van der Waals surface area contributed by atoms with E-state index in [9.17, 15) is 9.59 Å². The van der Waals surface area contributed by atoms with Gasteiger partial charge in [0.2, 0.25) is 5.91 Å². The molecule has 0 aliphatic rings. The molecule has 7 heteroatoms. The standard InChI is InChI=1S/C22H19BrN4O2/c1-14-3-5-16(6-4-14)19-12-20-22(29)26(9-10-27(20)25-19)13-21(28)24-17-7-8-18(23)15(2)11-17/h3-12H,13H2,1-2H3,(H,24,28). The molecule has 2 aromatic heterocycles. The van der Waals surface area contributed by atoms with Crippen molar-refractivity contribution in [1.82, 2.24) is 14.2 Å². The van der Waals surface area contributed by atoms with E-state index in [0.717, 1.165) is 26.9 Å². The number of anilines is 1. The molecular weight excluding hydrogens is 432 g/mol. The zero-order chi connectivity index (χ0) is 20.5. The fourth-order valence-corrected chi connectivity index (χ4v) is 3.34. The number of hydrogen-bond donors (Lipinski definition) is 1. The summed E-state index contributed by atoms with van der Waals surface area (Å²) in [6.07, 6.45) is 3.26. The summed E-state index contributed by atoms with van der Waals surface area (Å²) in [6.45, 7) is 3.89. The molecule has 4 aromatic rings. The normalized spacial score (nSPS) is 11.0. The van der Waals surface area contributed by atoms with Crippen LogP contribution in [0.3, 0.4) is 0 Å². The summed E-state index contributed by atoms with van der Waals surface area (Å²) < 4.78 is 3.91. The van der Waals surface area contributed by atoms with Crippen LogP contribution in [0.15, 0.2) is 70.2 Å². The van der Waals surface area contributed by atoms with E-state index in [4.69, 9.17) is 0 Å². The highest BCUT2D eigenvalue weighted by Gasteiger charge is 2.12. The van der Waals surface area contributed by atoms with E-state index in [-0.39, 0.29) is 18.0 Å². The molecule has 0 aliphatic carbocycles. The number of hydrogen-bond acceptors (Lipinski definition) is 3. The van der Waals surface area contributed by atoms with Gasteiger partial charge in [-0.2, -0.15) is 5.10 Å². The summed E-state index contributed by atoms with van der Waals surface area (Å²) in [7, 11) is 0. The smallest absolute Gasteiger partial charge is 0.277 e. The van der Waals surface area contributed by atoms with Crippen molar-refractivity contribution in [1.29, 1.82) is 0 Å². The highest BCUT2D eigenvalue weighted by molar-refractivity contribution is 9.10. The predicted molar refractivity (Wildman–Crippen MR) is 117 cm³/mol. The molecule has 0 atom stereocenters. The van der Waals surface area contributed by atoms with Crippen LogP contribution in [0.1, 0.15) is 11.1 Å². The summed E-state index contributed by atoms with van der Waals surface area (Å²) in [4.78, 5) is 25.2. The van der Waals surface area contributed by atoms with E-state index in [1.807, 2.05) is 56.3 Å². The van der Waals surface area contributed by atoms with Gasteiger partial charge in [0.1, 0.15) is 12.1 Å². The summed E-state index contributed by atoms with van der Waals surface area (Å²) in [5, 5.41) is 7.31. The van der Waals surface area contributed by atoms with Gasteiger partial charge in [-0.15, -0.1) is 0 Å². The molecule has 6 nitrogen and oxygen atoms in total. The lowest BCUT2D eigenvalue weighted by molar-refractivity contribution is -0.116. The first-order valence-electron chi connectivity index (χ1n) is 9.12. The third-order valence-electron chi connectivity index (χ3n) is 4.71. The van der Waals surface area contributed by atoms with Crippen LogP contribution in [0.5, 0.6) is 0 Å². The van der Waals surface area contributed by atoms with E-state index >= 15 is 0 Å². The Morgan fingerprint density at radius 2 is 1.83 bits per heavy atom. The van der Waals surface area contributed by atoms with Gasteiger partial charge in [-0.3, -0.25) is 9.59 Å². The summed E-state index contributed by atoms with van der Waals surface area (Å²) >= 11 is 3.44. The number of rotatable bonds is 4. The van der Waals surface area contributed by atoms with Crippen molar-refractivity contribution in [2.24, 2.45) is 0 Å². The van der Waals surface area contributed by atoms with Crippen molar-refractivity contribution >= 4 is 33.0 Å². The molecule has 0 radical (unpaired) electrons. The van der Waals surface area contributed by atoms with Gasteiger partial charge in [0, 0.05) is 28.1 Å². The van der Waals surface area contributed by atoms with Crippen molar-refractivity contribution in [3.63, 3.8) is 0 Å². The molecule has 0 aliphatic heterocycles. The fraction of sp³-hybridized carbons (Fsp3) is 0.136. The number of nitrogens with one attached hydrogen (secondary N) is 1. The van der Waals surface area contributed by atoms with E-state index in [1.165, 1.54) is 4.57 Å². The van der Waals surface area contributed by atoms with Crippen molar-refractivity contribution in [3.8, 4) is 11.3 Å². The Hall–Kier alpha value is -3.19. The molecule has 2 aromatic carbocycles. The Morgan fingerprint density at radius 3 is 2.55 bits per heavy atom. The van der Waals surface area contributed by atoms with Gasteiger partial charge in [-0.25, -0.2) is 4.52 Å². The molecule has 146 valence electrons. The van der Waals surface area contributed by atoms with Crippen molar-refractivity contribution in [3.05, 3.63) is 86.9 Å². The lowest BCUT2D eigenvalue weighted by Gasteiger charge is -2.09. The van der Waals surface area contributed by atoms with Gasteiger partial charge >= 0.3 is 0 Å². The van der Waals surface area contributed by atoms with Gasteiger partial charge in [-0.05, 0) is 43.7 Å². The van der Waals surface area contributed by atoms with Gasteiger partial charge in [0.25, 0.3) is 5.56 Å². The molecule has 0 saturated carbocycles. The minimum Gasteiger partial charge on any atom is -0.325 e. The Bertz CT molecular complexity index is 1270. The first-order valence-corrected chi connectivity index (χ1v) is 9.92. The number of carbonyl (C=O) groups excluding carboxylic acids is 1. The second-order valence-corrected chi connectivity index (χ2v) is 7.82. The third kappa shape index (κ3) is 4.00. The third-order valence-corrected chi connectivity index (χ3v) is 5.60. The highest BCUT2D eigenvalue weighted by atomic mass is 79.9. The monoisotopic (exact) mass is 450 g/mol. The number of carbonyl (C=O) groups is 1. The van der Waals surface area contributed by atoms with Crippen LogP contribution in [0.2, 0.25) is 0 Å². The topological polar surface area (TPSA) is 68.4 Å². The summed E-state index contributed by atoms with van der Waals surface area (Å²) in [5.74, 6) is -0.267. The lowest BCUT2D eigenvalue weighted by atomic mass is 10.1. The largest absolute Gasteiger partial charge is 0.325 e. The Balaban J connectivity index is 1.58. The van der Waals surface area contributed by atoms with Gasteiger partial charge < -0.3 is 9.88 Å². The lowest BCUT2D eigenvalue weighted by Crippen LogP contribution is -2.28. The molecular formula is C22H19BrN4O2. The van der Waals surface area contributed by atoms with Crippen LogP contribution in [0.4, 0.5) is 5.69 Å². The molecule has 0 spiro atoms. The van der Waals surface area contributed by atoms with Gasteiger partial charge in [0.05, 0.1) is 5.69 Å². The molecule has 29 heavy (non-hydrogen) atoms. The molecule has 0 bridgehead atoms. The van der Waals surface area contributed by atoms with Crippen LogP contribution in [0, 0.1) is 13.8 Å². The zero-order valence-electron chi connectivity index (χ0n) is 16.0. The first kappa shape index (κ1) is 19.1. The minimum absolute atomic E-state index is 0.0739. The maximum Gasteiger partial charge on any atom is 0.277 e. The van der Waals surface area contributed by atoms with Gasteiger partial charge in [0.15, 0.2) is 0 Å². The number of aromatic nitrogens is 3. The average molecular weight is 451 g/mol. The van der Waals surface area contributed by atoms with Crippen LogP contribution in [-0.2, 0) is 11.3 Å². The van der Waals surface area contributed by atoms with Crippen LogP contribution >= 0.6 is 15.9 Å². The summed E-state index contributed by atoms with van der Waals surface area (Å²) in [6, 6.07) is 15.3. The van der Waals surface area contributed by atoms with Crippen molar-refractivity contribution in [2.75, 3.05) is 5.32 Å². The van der Waals surface area contributed by atoms with Crippen LogP contribution in [0.25, 0.3) is 16.8 Å². The van der Waals surface area contributed by atoms with Gasteiger partial charge in [-0.1, -0.05) is 45.8 Å². The second-order valence-electron chi connectivity index (χ2n) is 6.97. The number of benzene rings is 2.